The van der Waals surface area contributed by atoms with Crippen molar-refractivity contribution in [3.05, 3.63) is 63.6 Å². The van der Waals surface area contributed by atoms with Gasteiger partial charge in [-0.3, -0.25) is 4.72 Å². The van der Waals surface area contributed by atoms with Crippen molar-refractivity contribution in [3.63, 3.8) is 0 Å². The Morgan fingerprint density at radius 3 is 2.07 bits per heavy atom. The maximum Gasteiger partial charge on any atom is 0.335 e. The Kier molecular flexibility index (Phi) is 5.24. The molecule has 0 aromatic heterocycles. The van der Waals surface area contributed by atoms with Crippen LogP contribution in [0.4, 0.5) is 5.69 Å². The summed E-state index contributed by atoms with van der Waals surface area (Å²) in [7, 11) is -4.15. The Morgan fingerprint density at radius 1 is 0.931 bits per heavy atom. The second-order valence-electron chi connectivity index (χ2n) is 6.22. The van der Waals surface area contributed by atoms with Gasteiger partial charge in [0.15, 0.2) is 0 Å². The molecule has 0 bridgehead atoms. The van der Waals surface area contributed by atoms with Crippen LogP contribution in [0.25, 0.3) is 10.8 Å². The molecule has 0 atom stereocenters. The standard InChI is InChI=1S/C19H14BrNO7S/c1-9-14-3-2-13(7-15(14)16(20)8-17(9)22)29(27,28)21-12-5-10(18(23)24)4-11(6-12)19(25)26/h2-8,21-22H,1H3,(H,23,24)(H,25,26). The monoisotopic (exact) mass is 479 g/mol. The summed E-state index contributed by atoms with van der Waals surface area (Å²) in [6.45, 7) is 1.70. The lowest BCUT2D eigenvalue weighted by Gasteiger charge is -2.12. The van der Waals surface area contributed by atoms with Crippen LogP contribution in [0.1, 0.15) is 26.3 Å². The van der Waals surface area contributed by atoms with E-state index >= 15 is 0 Å². The molecule has 3 aromatic rings. The van der Waals surface area contributed by atoms with E-state index in [0.29, 0.717) is 20.8 Å². The van der Waals surface area contributed by atoms with Gasteiger partial charge in [-0.15, -0.1) is 0 Å². The molecule has 0 saturated carbocycles. The van der Waals surface area contributed by atoms with Crippen LogP contribution in [-0.2, 0) is 10.0 Å². The van der Waals surface area contributed by atoms with Crippen LogP contribution in [0.3, 0.4) is 0 Å². The number of aromatic carboxylic acids is 2. The molecule has 0 amide bonds. The van der Waals surface area contributed by atoms with E-state index < -0.39 is 22.0 Å². The molecule has 4 N–H and O–H groups in total. The van der Waals surface area contributed by atoms with Crippen molar-refractivity contribution < 1.29 is 33.3 Å². The highest BCUT2D eigenvalue weighted by atomic mass is 79.9. The number of benzene rings is 3. The van der Waals surface area contributed by atoms with Crippen molar-refractivity contribution in [2.75, 3.05) is 4.72 Å². The zero-order valence-corrected chi connectivity index (χ0v) is 17.2. The van der Waals surface area contributed by atoms with Crippen molar-refractivity contribution in [3.8, 4) is 5.75 Å². The normalized spacial score (nSPS) is 11.4. The summed E-state index contributed by atoms with van der Waals surface area (Å²) in [6.07, 6.45) is 0. The first-order valence-corrected chi connectivity index (χ1v) is 10.3. The SMILES string of the molecule is Cc1c(O)cc(Br)c2cc(S(=O)(=O)Nc3cc(C(=O)O)cc(C(=O)O)c3)ccc12. The lowest BCUT2D eigenvalue weighted by Crippen LogP contribution is -2.14. The number of fused-ring (bicyclic) bond motifs is 1. The number of phenolic OH excluding ortho intramolecular Hbond substituents is 1. The number of rotatable bonds is 5. The number of hydrogen-bond acceptors (Lipinski definition) is 5. The number of nitrogens with one attached hydrogen (secondary N) is 1. The molecule has 150 valence electrons. The molecule has 0 aliphatic carbocycles. The van der Waals surface area contributed by atoms with Crippen molar-refractivity contribution in [2.24, 2.45) is 0 Å². The molecule has 0 unspecified atom stereocenters. The van der Waals surface area contributed by atoms with Gasteiger partial charge >= 0.3 is 11.9 Å². The maximum absolute atomic E-state index is 12.8. The van der Waals surface area contributed by atoms with E-state index in [1.807, 2.05) is 0 Å². The van der Waals surface area contributed by atoms with Gasteiger partial charge in [0.2, 0.25) is 0 Å². The zero-order chi connectivity index (χ0) is 21.5. The number of anilines is 1. The van der Waals surface area contributed by atoms with Gasteiger partial charge in [0.1, 0.15) is 5.75 Å². The van der Waals surface area contributed by atoms with Gasteiger partial charge in [-0.1, -0.05) is 22.0 Å². The number of aryl methyl sites for hydroxylation is 1. The van der Waals surface area contributed by atoms with Crippen LogP contribution in [0.2, 0.25) is 0 Å². The van der Waals surface area contributed by atoms with Crippen molar-refractivity contribution in [1.29, 1.82) is 0 Å². The van der Waals surface area contributed by atoms with Gasteiger partial charge in [-0.25, -0.2) is 18.0 Å². The third-order valence-corrected chi connectivity index (χ3v) is 6.32. The van der Waals surface area contributed by atoms with E-state index in [0.717, 1.165) is 18.2 Å². The topological polar surface area (TPSA) is 141 Å². The highest BCUT2D eigenvalue weighted by Crippen LogP contribution is 2.34. The minimum Gasteiger partial charge on any atom is -0.508 e. The van der Waals surface area contributed by atoms with Gasteiger partial charge in [0.25, 0.3) is 10.0 Å². The summed E-state index contributed by atoms with van der Waals surface area (Å²) in [5, 5.41) is 29.4. The van der Waals surface area contributed by atoms with E-state index in [-0.39, 0.29) is 27.5 Å². The third-order valence-electron chi connectivity index (χ3n) is 4.29. The number of phenols is 1. The largest absolute Gasteiger partial charge is 0.508 e. The van der Waals surface area contributed by atoms with Gasteiger partial charge in [-0.05, 0) is 59.7 Å². The lowest BCUT2D eigenvalue weighted by molar-refractivity contribution is 0.0696. The predicted molar refractivity (Wildman–Crippen MR) is 109 cm³/mol. The number of hydrogen-bond donors (Lipinski definition) is 4. The first kappa shape index (κ1) is 20.6. The summed E-state index contributed by atoms with van der Waals surface area (Å²) in [5.74, 6) is -2.72. The number of carboxylic acid groups (broad SMARTS) is 2. The first-order valence-electron chi connectivity index (χ1n) is 8.06. The van der Waals surface area contributed by atoms with Gasteiger partial charge in [0, 0.05) is 4.47 Å². The summed E-state index contributed by atoms with van der Waals surface area (Å²) in [6, 6.07) is 8.73. The Morgan fingerprint density at radius 2 is 1.52 bits per heavy atom. The van der Waals surface area contributed by atoms with E-state index in [1.54, 1.807) is 13.0 Å². The predicted octanol–water partition coefficient (Wildman–Crippen LogP) is 3.81. The summed E-state index contributed by atoms with van der Waals surface area (Å²) in [4.78, 5) is 22.3. The number of carbonyl (C=O) groups is 2. The van der Waals surface area contributed by atoms with Crippen molar-refractivity contribution >= 4 is 54.4 Å². The number of aromatic hydroxyl groups is 1. The highest BCUT2D eigenvalue weighted by Gasteiger charge is 2.19. The zero-order valence-electron chi connectivity index (χ0n) is 14.8. The molecule has 3 aromatic carbocycles. The van der Waals surface area contributed by atoms with Crippen LogP contribution in [0.5, 0.6) is 5.75 Å². The van der Waals surface area contributed by atoms with Crippen LogP contribution < -0.4 is 4.72 Å². The second-order valence-corrected chi connectivity index (χ2v) is 8.76. The number of carboxylic acids is 2. The molecule has 10 heteroatoms. The summed E-state index contributed by atoms with van der Waals surface area (Å²) >= 11 is 3.29. The molecule has 0 saturated heterocycles. The van der Waals surface area contributed by atoms with Gasteiger partial charge < -0.3 is 15.3 Å². The average molecular weight is 480 g/mol. The number of halogens is 1. The van der Waals surface area contributed by atoms with E-state index in [2.05, 4.69) is 20.7 Å². The van der Waals surface area contributed by atoms with Crippen LogP contribution in [0, 0.1) is 6.92 Å². The highest BCUT2D eigenvalue weighted by molar-refractivity contribution is 9.10. The fourth-order valence-electron chi connectivity index (χ4n) is 2.81. The smallest absolute Gasteiger partial charge is 0.335 e. The van der Waals surface area contributed by atoms with Crippen LogP contribution in [0.15, 0.2) is 51.8 Å². The Balaban J connectivity index is 2.09. The molecule has 29 heavy (non-hydrogen) atoms. The quantitative estimate of drug-likeness (QED) is 0.435. The molecule has 0 radical (unpaired) electrons. The van der Waals surface area contributed by atoms with Crippen molar-refractivity contribution in [2.45, 2.75) is 11.8 Å². The molecule has 0 aliphatic rings. The molecular weight excluding hydrogens is 466 g/mol. The van der Waals surface area contributed by atoms with E-state index in [4.69, 9.17) is 10.2 Å². The number of sulfonamides is 1. The van der Waals surface area contributed by atoms with Crippen molar-refractivity contribution in [1.82, 2.24) is 0 Å². The summed E-state index contributed by atoms with van der Waals surface area (Å²) < 4.78 is 28.3. The minimum absolute atomic E-state index is 0.0600. The van der Waals surface area contributed by atoms with E-state index in [9.17, 15) is 23.1 Å². The van der Waals surface area contributed by atoms with Gasteiger partial charge in [0.05, 0.1) is 21.7 Å². The Labute approximate surface area is 173 Å². The molecule has 0 fully saturated rings. The lowest BCUT2D eigenvalue weighted by atomic mass is 10.0. The second kappa shape index (κ2) is 7.37. The van der Waals surface area contributed by atoms with Crippen LogP contribution >= 0.6 is 15.9 Å². The van der Waals surface area contributed by atoms with Gasteiger partial charge in [-0.2, -0.15) is 0 Å². The third kappa shape index (κ3) is 4.03. The molecule has 0 spiro atoms. The summed E-state index contributed by atoms with van der Waals surface area (Å²) in [5.41, 5.74) is -0.339. The maximum atomic E-state index is 12.8. The molecule has 0 aliphatic heterocycles. The molecule has 0 heterocycles. The minimum atomic E-state index is -4.15. The first-order chi connectivity index (χ1) is 13.5. The fourth-order valence-corrected chi connectivity index (χ4v) is 4.42. The van der Waals surface area contributed by atoms with Crippen LogP contribution in [-0.4, -0.2) is 35.7 Å². The molecular formula is C19H14BrNO7S. The molecule has 8 nitrogen and oxygen atoms in total. The Bertz CT molecular complexity index is 1250. The average Bonchev–Trinajstić information content (AvgIpc) is 2.65. The fraction of sp³-hybridized carbons (Fsp3) is 0.0526. The van der Waals surface area contributed by atoms with E-state index in [1.165, 1.54) is 18.2 Å². The molecule has 3 rings (SSSR count). The Hall–Kier alpha value is -3.11.